The van der Waals surface area contributed by atoms with Crippen LogP contribution in [-0.4, -0.2) is 21.5 Å². The predicted molar refractivity (Wildman–Crippen MR) is 89.5 cm³/mol. The Balaban J connectivity index is 1.66. The molecule has 4 nitrogen and oxygen atoms in total. The monoisotopic (exact) mass is 386 g/mol. The van der Waals surface area contributed by atoms with Gasteiger partial charge in [0.2, 0.25) is 10.0 Å². The van der Waals surface area contributed by atoms with E-state index >= 15 is 0 Å². The van der Waals surface area contributed by atoms with Gasteiger partial charge in [-0.05, 0) is 64.7 Å². The molecule has 1 aromatic carbocycles. The maximum Gasteiger partial charge on any atom is 0.240 e. The van der Waals surface area contributed by atoms with Gasteiger partial charge in [-0.3, -0.25) is 0 Å². The van der Waals surface area contributed by atoms with Crippen LogP contribution in [0, 0.1) is 0 Å². The van der Waals surface area contributed by atoms with Gasteiger partial charge in [-0.2, -0.15) is 0 Å². The summed E-state index contributed by atoms with van der Waals surface area (Å²) >= 11 is 5.03. The van der Waals surface area contributed by atoms with Crippen LogP contribution in [0.25, 0.3) is 0 Å². The first kappa shape index (κ1) is 15.0. The van der Waals surface area contributed by atoms with E-state index in [2.05, 4.69) is 26.0 Å². The van der Waals surface area contributed by atoms with E-state index in [1.165, 1.54) is 0 Å². The molecule has 0 radical (unpaired) electrons. The molecule has 0 atom stereocenters. The van der Waals surface area contributed by atoms with E-state index in [9.17, 15) is 8.42 Å². The average molecular weight is 387 g/mol. The highest BCUT2D eigenvalue weighted by atomic mass is 79.9. The number of fused-ring (bicyclic) bond motifs is 1. The molecule has 2 heterocycles. The van der Waals surface area contributed by atoms with Crippen molar-refractivity contribution in [3.05, 3.63) is 44.6 Å². The molecule has 2 N–H and O–H groups in total. The minimum atomic E-state index is -3.43. The van der Waals surface area contributed by atoms with Crippen LogP contribution in [0.15, 0.2) is 39.0 Å². The molecule has 0 bridgehead atoms. The summed E-state index contributed by atoms with van der Waals surface area (Å²) in [5.41, 5.74) is 2.11. The quantitative estimate of drug-likeness (QED) is 0.829. The van der Waals surface area contributed by atoms with Crippen LogP contribution in [0.5, 0.6) is 0 Å². The summed E-state index contributed by atoms with van der Waals surface area (Å²) in [5.74, 6) is 0. The number of anilines is 1. The first-order valence-corrected chi connectivity index (χ1v) is 9.74. The van der Waals surface area contributed by atoms with Crippen molar-refractivity contribution in [2.45, 2.75) is 17.7 Å². The number of nitrogens with one attached hydrogen (secondary N) is 2. The minimum Gasteiger partial charge on any atom is -0.384 e. The number of hydrogen-bond acceptors (Lipinski definition) is 4. The molecule has 0 saturated carbocycles. The van der Waals surface area contributed by atoms with Crippen LogP contribution in [-0.2, 0) is 22.9 Å². The lowest BCUT2D eigenvalue weighted by molar-refractivity contribution is 0.582. The lowest BCUT2D eigenvalue weighted by atomic mass is 10.2. The molecule has 2 aromatic rings. The van der Waals surface area contributed by atoms with Crippen LogP contribution in [0.4, 0.5) is 5.69 Å². The molecule has 0 spiro atoms. The SMILES string of the molecule is O=S(=O)(NCCc1ccc(Br)s1)c1ccc2c(c1)CCN2. The van der Waals surface area contributed by atoms with E-state index in [0.717, 1.165) is 32.9 Å². The van der Waals surface area contributed by atoms with Crippen LogP contribution >= 0.6 is 27.3 Å². The van der Waals surface area contributed by atoms with E-state index in [0.29, 0.717) is 17.9 Å². The molecule has 21 heavy (non-hydrogen) atoms. The summed E-state index contributed by atoms with van der Waals surface area (Å²) in [6, 6.07) is 9.24. The Morgan fingerprint density at radius 2 is 2.14 bits per heavy atom. The maximum atomic E-state index is 12.3. The summed E-state index contributed by atoms with van der Waals surface area (Å²) in [6.07, 6.45) is 1.57. The third-order valence-electron chi connectivity index (χ3n) is 3.39. The Bertz CT molecular complexity index is 756. The Hall–Kier alpha value is -0.890. The smallest absolute Gasteiger partial charge is 0.240 e. The molecule has 1 aromatic heterocycles. The molecule has 0 saturated heterocycles. The highest BCUT2D eigenvalue weighted by molar-refractivity contribution is 9.11. The highest BCUT2D eigenvalue weighted by Crippen LogP contribution is 2.25. The first-order chi connectivity index (χ1) is 10.0. The van der Waals surface area contributed by atoms with Crippen molar-refractivity contribution < 1.29 is 8.42 Å². The van der Waals surface area contributed by atoms with Crippen LogP contribution in [0.2, 0.25) is 0 Å². The fraction of sp³-hybridized carbons (Fsp3) is 0.286. The number of hydrogen-bond donors (Lipinski definition) is 2. The van der Waals surface area contributed by atoms with Crippen molar-refractivity contribution >= 4 is 43.0 Å². The van der Waals surface area contributed by atoms with Crippen LogP contribution < -0.4 is 10.0 Å². The van der Waals surface area contributed by atoms with Crippen molar-refractivity contribution in [1.82, 2.24) is 4.72 Å². The lowest BCUT2D eigenvalue weighted by Gasteiger charge is -2.08. The fourth-order valence-electron chi connectivity index (χ4n) is 2.33. The van der Waals surface area contributed by atoms with Gasteiger partial charge >= 0.3 is 0 Å². The molecule has 0 amide bonds. The van der Waals surface area contributed by atoms with Crippen LogP contribution in [0.1, 0.15) is 10.4 Å². The molecule has 112 valence electrons. The third kappa shape index (κ3) is 3.48. The predicted octanol–water partition coefficient (Wildman–Crippen LogP) is 3.00. The van der Waals surface area contributed by atoms with E-state index in [1.807, 2.05) is 18.2 Å². The van der Waals surface area contributed by atoms with Gasteiger partial charge in [0.15, 0.2) is 0 Å². The molecule has 0 aliphatic carbocycles. The van der Waals surface area contributed by atoms with Gasteiger partial charge in [-0.15, -0.1) is 11.3 Å². The normalized spacial score (nSPS) is 14.0. The van der Waals surface area contributed by atoms with E-state index in [-0.39, 0.29) is 0 Å². The minimum absolute atomic E-state index is 0.345. The third-order valence-corrected chi connectivity index (χ3v) is 6.53. The summed E-state index contributed by atoms with van der Waals surface area (Å²) in [7, 11) is -3.43. The number of sulfonamides is 1. The summed E-state index contributed by atoms with van der Waals surface area (Å²) in [5, 5.41) is 3.23. The van der Waals surface area contributed by atoms with Gasteiger partial charge in [0, 0.05) is 23.7 Å². The van der Waals surface area contributed by atoms with Crippen molar-refractivity contribution in [2.75, 3.05) is 18.4 Å². The van der Waals surface area contributed by atoms with Gasteiger partial charge in [0.25, 0.3) is 0 Å². The zero-order chi connectivity index (χ0) is 14.9. The second-order valence-electron chi connectivity index (χ2n) is 4.85. The number of thiophene rings is 1. The summed E-state index contributed by atoms with van der Waals surface area (Å²) in [4.78, 5) is 1.50. The van der Waals surface area contributed by atoms with Gasteiger partial charge in [0.05, 0.1) is 8.68 Å². The molecule has 3 rings (SSSR count). The molecule has 1 aliphatic rings. The van der Waals surface area contributed by atoms with Gasteiger partial charge < -0.3 is 5.32 Å². The topological polar surface area (TPSA) is 58.2 Å². The van der Waals surface area contributed by atoms with Gasteiger partial charge in [-0.25, -0.2) is 13.1 Å². The van der Waals surface area contributed by atoms with Crippen molar-refractivity contribution in [1.29, 1.82) is 0 Å². The molecule has 0 fully saturated rings. The molecule has 0 unspecified atom stereocenters. The highest BCUT2D eigenvalue weighted by Gasteiger charge is 2.17. The number of rotatable bonds is 5. The Labute approximate surface area is 136 Å². The van der Waals surface area contributed by atoms with E-state index in [1.54, 1.807) is 23.5 Å². The first-order valence-electron chi connectivity index (χ1n) is 6.65. The Morgan fingerprint density at radius 1 is 1.29 bits per heavy atom. The standard InChI is InChI=1S/C14H15BrN2O2S2/c15-14-4-1-11(20-14)6-8-17-21(18,19)12-2-3-13-10(9-12)5-7-16-13/h1-4,9,16-17H,5-8H2. The van der Waals surface area contributed by atoms with Gasteiger partial charge in [-0.1, -0.05) is 0 Å². The number of benzene rings is 1. The zero-order valence-corrected chi connectivity index (χ0v) is 14.4. The fourth-order valence-corrected chi connectivity index (χ4v) is 4.89. The second-order valence-corrected chi connectivity index (χ2v) is 9.16. The molecular formula is C14H15BrN2O2S2. The maximum absolute atomic E-state index is 12.3. The summed E-state index contributed by atoms with van der Waals surface area (Å²) in [6.45, 7) is 1.28. The van der Waals surface area contributed by atoms with Crippen molar-refractivity contribution in [3.63, 3.8) is 0 Å². The Morgan fingerprint density at radius 3 is 2.90 bits per heavy atom. The molecular weight excluding hydrogens is 372 g/mol. The second kappa shape index (κ2) is 6.08. The van der Waals surface area contributed by atoms with Crippen molar-refractivity contribution in [3.8, 4) is 0 Å². The Kier molecular flexibility index (Phi) is 4.35. The zero-order valence-electron chi connectivity index (χ0n) is 11.2. The lowest BCUT2D eigenvalue weighted by Crippen LogP contribution is -2.25. The largest absolute Gasteiger partial charge is 0.384 e. The van der Waals surface area contributed by atoms with E-state index in [4.69, 9.17) is 0 Å². The van der Waals surface area contributed by atoms with Gasteiger partial charge in [0.1, 0.15) is 0 Å². The molecule has 7 heteroatoms. The average Bonchev–Trinajstić information content (AvgIpc) is 3.06. The van der Waals surface area contributed by atoms with Crippen molar-refractivity contribution in [2.24, 2.45) is 0 Å². The van der Waals surface area contributed by atoms with Crippen LogP contribution in [0.3, 0.4) is 0 Å². The van der Waals surface area contributed by atoms with E-state index < -0.39 is 10.0 Å². The molecule has 1 aliphatic heterocycles. The number of halogens is 1. The summed E-state index contributed by atoms with van der Waals surface area (Å²) < 4.78 is 28.3.